The number of carbonyl (C=O) groups is 1. The van der Waals surface area contributed by atoms with E-state index in [2.05, 4.69) is 5.32 Å². The van der Waals surface area contributed by atoms with Gasteiger partial charge < -0.3 is 9.88 Å². The van der Waals surface area contributed by atoms with Crippen LogP contribution in [0.5, 0.6) is 0 Å². The van der Waals surface area contributed by atoms with Crippen molar-refractivity contribution in [3.8, 4) is 0 Å². The van der Waals surface area contributed by atoms with Gasteiger partial charge in [0.2, 0.25) is 5.91 Å². The van der Waals surface area contributed by atoms with Crippen molar-refractivity contribution < 1.29 is 4.79 Å². The largest absolute Gasteiger partial charge is 0.358 e. The predicted octanol–water partition coefficient (Wildman–Crippen LogP) is 1.40. The zero-order valence-electron chi connectivity index (χ0n) is 9.24. The van der Waals surface area contributed by atoms with E-state index in [-0.39, 0.29) is 17.9 Å². The van der Waals surface area contributed by atoms with E-state index in [1.807, 2.05) is 0 Å². The third-order valence-electron chi connectivity index (χ3n) is 2.53. The first-order valence-electron chi connectivity index (χ1n) is 5.11. The van der Waals surface area contributed by atoms with Crippen LogP contribution in [0.3, 0.4) is 0 Å². The van der Waals surface area contributed by atoms with Gasteiger partial charge >= 0.3 is 0 Å². The summed E-state index contributed by atoms with van der Waals surface area (Å²) in [6.45, 7) is 0.176. The number of benzene rings is 1. The Balaban J connectivity index is 2.62. The fraction of sp³-hybridized carbons (Fsp3) is 0.167. The molecule has 1 aromatic heterocycles. The number of aromatic nitrogens is 1. The van der Waals surface area contributed by atoms with Crippen LogP contribution in [0.25, 0.3) is 10.9 Å². The minimum Gasteiger partial charge on any atom is -0.358 e. The summed E-state index contributed by atoms with van der Waals surface area (Å²) in [5.41, 5.74) is 0.598. The summed E-state index contributed by atoms with van der Waals surface area (Å²) in [4.78, 5) is 23.0. The maximum absolute atomic E-state index is 11.7. The summed E-state index contributed by atoms with van der Waals surface area (Å²) in [7, 11) is 1.57. The summed E-state index contributed by atoms with van der Waals surface area (Å²) in [6, 6.07) is 6.48. The molecular weight excluding hydrogens is 240 g/mol. The van der Waals surface area contributed by atoms with Gasteiger partial charge in [-0.2, -0.15) is 0 Å². The molecule has 17 heavy (non-hydrogen) atoms. The number of nitrogens with one attached hydrogen (secondary N) is 1. The zero-order valence-corrected chi connectivity index (χ0v) is 9.99. The highest BCUT2D eigenvalue weighted by atomic mass is 35.5. The average Bonchev–Trinajstić information content (AvgIpc) is 2.33. The van der Waals surface area contributed by atoms with Gasteiger partial charge in [0.05, 0.1) is 5.52 Å². The molecule has 0 fully saturated rings. The molecular formula is C12H11ClN2O2. The van der Waals surface area contributed by atoms with Crippen LogP contribution in [0.4, 0.5) is 0 Å². The molecule has 1 amide bonds. The minimum absolute atomic E-state index is 0.101. The van der Waals surface area contributed by atoms with Crippen LogP contribution >= 0.6 is 11.6 Å². The third-order valence-corrected chi connectivity index (χ3v) is 2.77. The first-order chi connectivity index (χ1) is 8.11. The Morgan fingerprint density at radius 2 is 2.18 bits per heavy atom. The highest BCUT2D eigenvalue weighted by Gasteiger charge is 2.06. The number of fused-ring (bicyclic) bond motifs is 1. The summed E-state index contributed by atoms with van der Waals surface area (Å²) in [5, 5.41) is 3.56. The molecule has 0 aliphatic carbocycles. The summed E-state index contributed by atoms with van der Waals surface area (Å²) in [5.74, 6) is -0.120. The number of hydrogen-bond acceptors (Lipinski definition) is 2. The van der Waals surface area contributed by atoms with E-state index in [1.165, 1.54) is 6.07 Å². The smallest absolute Gasteiger partial charge is 0.239 e. The molecule has 0 aliphatic heterocycles. The number of halogens is 1. The number of amides is 1. The summed E-state index contributed by atoms with van der Waals surface area (Å²) >= 11 is 5.85. The van der Waals surface area contributed by atoms with Crippen LogP contribution < -0.4 is 10.7 Å². The Morgan fingerprint density at radius 3 is 2.88 bits per heavy atom. The highest BCUT2D eigenvalue weighted by Crippen LogP contribution is 2.16. The molecule has 88 valence electrons. The fourth-order valence-corrected chi connectivity index (χ4v) is 1.83. The van der Waals surface area contributed by atoms with Crippen LogP contribution in [-0.4, -0.2) is 17.5 Å². The maximum atomic E-state index is 11.7. The molecule has 4 nitrogen and oxygen atoms in total. The Morgan fingerprint density at radius 1 is 1.41 bits per heavy atom. The van der Waals surface area contributed by atoms with Gasteiger partial charge in [-0.15, -0.1) is 0 Å². The zero-order chi connectivity index (χ0) is 12.4. The fourth-order valence-electron chi connectivity index (χ4n) is 1.66. The van der Waals surface area contributed by atoms with Crippen molar-refractivity contribution in [1.29, 1.82) is 0 Å². The lowest BCUT2D eigenvalue weighted by Crippen LogP contribution is -2.24. The second kappa shape index (κ2) is 4.59. The van der Waals surface area contributed by atoms with Gasteiger partial charge in [-0.25, -0.2) is 0 Å². The molecule has 0 radical (unpaired) electrons. The quantitative estimate of drug-likeness (QED) is 0.876. The highest BCUT2D eigenvalue weighted by molar-refractivity contribution is 6.31. The van der Waals surface area contributed by atoms with E-state index in [0.717, 1.165) is 0 Å². The molecule has 0 unspecified atom stereocenters. The standard InChI is InChI=1S/C12H11ClN2O2/c1-14-12(17)7-15-5-4-11(16)9-6-8(13)2-3-10(9)15/h2-6H,7H2,1H3,(H,14,17). The lowest BCUT2D eigenvalue weighted by Gasteiger charge is -2.09. The number of likely N-dealkylation sites (N-methyl/N-ethyl adjacent to an activating group) is 1. The Bertz CT molecular complexity index is 634. The SMILES string of the molecule is CNC(=O)Cn1ccc(=O)c2cc(Cl)ccc21. The van der Waals surface area contributed by atoms with Crippen molar-refractivity contribution in [1.82, 2.24) is 9.88 Å². The van der Waals surface area contributed by atoms with Crippen LogP contribution in [0.15, 0.2) is 35.3 Å². The number of rotatable bonds is 2. The topological polar surface area (TPSA) is 51.1 Å². The van der Waals surface area contributed by atoms with Gasteiger partial charge in [-0.1, -0.05) is 11.6 Å². The Kier molecular flexibility index (Phi) is 3.15. The molecule has 1 N–H and O–H groups in total. The first-order valence-corrected chi connectivity index (χ1v) is 5.49. The van der Waals surface area contributed by atoms with Crippen molar-refractivity contribution in [2.45, 2.75) is 6.54 Å². The van der Waals surface area contributed by atoms with E-state index in [4.69, 9.17) is 11.6 Å². The van der Waals surface area contributed by atoms with Gasteiger partial charge in [0.15, 0.2) is 5.43 Å². The van der Waals surface area contributed by atoms with Crippen LogP contribution in [0, 0.1) is 0 Å². The maximum Gasteiger partial charge on any atom is 0.239 e. The molecule has 0 spiro atoms. The number of carbonyl (C=O) groups excluding carboxylic acids is 1. The molecule has 0 bridgehead atoms. The van der Waals surface area contributed by atoms with Crippen molar-refractivity contribution in [2.24, 2.45) is 0 Å². The molecule has 2 rings (SSSR count). The summed E-state index contributed by atoms with van der Waals surface area (Å²) < 4.78 is 1.71. The minimum atomic E-state index is -0.120. The molecule has 1 aromatic carbocycles. The van der Waals surface area contributed by atoms with E-state index < -0.39 is 0 Å². The molecule has 0 saturated carbocycles. The molecule has 0 saturated heterocycles. The molecule has 0 aliphatic rings. The monoisotopic (exact) mass is 250 g/mol. The van der Waals surface area contributed by atoms with Crippen molar-refractivity contribution in [2.75, 3.05) is 7.05 Å². The van der Waals surface area contributed by atoms with Gasteiger partial charge in [-0.3, -0.25) is 9.59 Å². The number of hydrogen-bond donors (Lipinski definition) is 1. The van der Waals surface area contributed by atoms with E-state index in [9.17, 15) is 9.59 Å². The van der Waals surface area contributed by atoms with Crippen molar-refractivity contribution in [3.05, 3.63) is 45.7 Å². The van der Waals surface area contributed by atoms with Crippen LogP contribution in [0.2, 0.25) is 5.02 Å². The van der Waals surface area contributed by atoms with Gasteiger partial charge in [0.25, 0.3) is 0 Å². The Hall–Kier alpha value is -1.81. The van der Waals surface area contributed by atoms with Crippen molar-refractivity contribution >= 4 is 28.4 Å². The second-order valence-corrected chi connectivity index (χ2v) is 4.08. The second-order valence-electron chi connectivity index (χ2n) is 3.64. The van der Waals surface area contributed by atoms with Gasteiger partial charge in [0, 0.05) is 29.7 Å². The summed E-state index contributed by atoms with van der Waals surface area (Å²) in [6.07, 6.45) is 1.60. The first kappa shape index (κ1) is 11.7. The predicted molar refractivity (Wildman–Crippen MR) is 67.3 cm³/mol. The average molecular weight is 251 g/mol. The van der Waals surface area contributed by atoms with Crippen LogP contribution in [0.1, 0.15) is 0 Å². The lowest BCUT2D eigenvalue weighted by molar-refractivity contribution is -0.121. The van der Waals surface area contributed by atoms with E-state index in [1.54, 1.807) is 36.0 Å². The molecule has 2 aromatic rings. The van der Waals surface area contributed by atoms with Crippen molar-refractivity contribution in [3.63, 3.8) is 0 Å². The lowest BCUT2D eigenvalue weighted by atomic mass is 10.2. The Labute approximate surface area is 103 Å². The third kappa shape index (κ3) is 2.31. The van der Waals surface area contributed by atoms with E-state index in [0.29, 0.717) is 15.9 Å². The van der Waals surface area contributed by atoms with Gasteiger partial charge in [-0.05, 0) is 18.2 Å². The molecule has 0 atom stereocenters. The molecule has 1 heterocycles. The van der Waals surface area contributed by atoms with Gasteiger partial charge in [0.1, 0.15) is 6.54 Å². The number of pyridine rings is 1. The van der Waals surface area contributed by atoms with Crippen LogP contribution in [-0.2, 0) is 11.3 Å². The number of nitrogens with zero attached hydrogens (tertiary/aromatic N) is 1. The normalized spacial score (nSPS) is 10.5. The van der Waals surface area contributed by atoms with E-state index >= 15 is 0 Å². The molecule has 5 heteroatoms.